The van der Waals surface area contributed by atoms with Crippen LogP contribution in [0.25, 0.3) is 11.0 Å². The average Bonchev–Trinajstić information content (AvgIpc) is 2.84. The molecule has 2 aromatic heterocycles. The first kappa shape index (κ1) is 25.9. The fourth-order valence-electron chi connectivity index (χ4n) is 3.91. The van der Waals surface area contributed by atoms with Crippen LogP contribution in [0.3, 0.4) is 0 Å². The number of hydrogen-bond donors (Lipinski definition) is 1. The molecule has 1 N–H and O–H groups in total. The summed E-state index contributed by atoms with van der Waals surface area (Å²) in [4.78, 5) is 44.8. The van der Waals surface area contributed by atoms with E-state index in [1.807, 2.05) is 19.9 Å². The van der Waals surface area contributed by atoms with Crippen molar-refractivity contribution in [2.75, 3.05) is 13.1 Å². The lowest BCUT2D eigenvalue weighted by Crippen LogP contribution is -2.56. The summed E-state index contributed by atoms with van der Waals surface area (Å²) in [6.45, 7) is 9.30. The maximum atomic E-state index is 13.2. The number of carbonyl (C=O) groups is 2. The topological polar surface area (TPSA) is 108 Å². The summed E-state index contributed by atoms with van der Waals surface area (Å²) in [7, 11) is 0. The lowest BCUT2D eigenvalue weighted by Gasteiger charge is -2.45. The fourth-order valence-corrected chi connectivity index (χ4v) is 4.04. The third-order valence-electron chi connectivity index (χ3n) is 5.55. The minimum Gasteiger partial charge on any atom is -0.348 e. The molecule has 3 heterocycles. The second kappa shape index (κ2) is 10.7. The number of hydrogen-bond acceptors (Lipinski definition) is 5. The molecular formula is C26H28ClN5O3. The van der Waals surface area contributed by atoms with E-state index in [1.165, 1.54) is 16.8 Å². The van der Waals surface area contributed by atoms with Gasteiger partial charge in [0.15, 0.2) is 0 Å². The highest BCUT2D eigenvalue weighted by molar-refractivity contribution is 6.30. The van der Waals surface area contributed by atoms with Crippen LogP contribution in [-0.2, 0) is 17.9 Å². The molecule has 182 valence electrons. The van der Waals surface area contributed by atoms with Gasteiger partial charge in [-0.05, 0) is 35.2 Å². The van der Waals surface area contributed by atoms with Crippen LogP contribution in [0, 0.1) is 16.7 Å². The Labute approximate surface area is 209 Å². The van der Waals surface area contributed by atoms with Gasteiger partial charge in [-0.1, -0.05) is 51.4 Å². The van der Waals surface area contributed by atoms with Crippen molar-refractivity contribution in [2.45, 2.75) is 40.8 Å². The van der Waals surface area contributed by atoms with Crippen LogP contribution in [0.4, 0.5) is 0 Å². The monoisotopic (exact) mass is 493 g/mol. The quantitative estimate of drug-likeness (QED) is 0.582. The molecule has 9 heteroatoms. The average molecular weight is 494 g/mol. The largest absolute Gasteiger partial charge is 0.348 e. The lowest BCUT2D eigenvalue weighted by molar-refractivity contribution is -0.142. The highest BCUT2D eigenvalue weighted by Gasteiger charge is 2.37. The molecule has 0 spiro atoms. The number of carbonyl (C=O) groups excluding carboxylic acids is 2. The molecule has 0 radical (unpaired) electrons. The zero-order valence-electron chi connectivity index (χ0n) is 20.3. The molecule has 0 saturated carbocycles. The van der Waals surface area contributed by atoms with Crippen LogP contribution in [0.2, 0.25) is 5.02 Å². The number of nitriles is 1. The van der Waals surface area contributed by atoms with Crippen LogP contribution >= 0.6 is 11.6 Å². The Kier molecular flexibility index (Phi) is 7.92. The van der Waals surface area contributed by atoms with E-state index < -0.39 is 11.5 Å². The first-order chi connectivity index (χ1) is 16.7. The van der Waals surface area contributed by atoms with Crippen LogP contribution in [-0.4, -0.2) is 39.4 Å². The Morgan fingerprint density at radius 3 is 2.43 bits per heavy atom. The second-order valence-corrected chi connectivity index (χ2v) is 9.36. The molecule has 0 atom stereocenters. The van der Waals surface area contributed by atoms with Crippen LogP contribution in [0.1, 0.15) is 49.2 Å². The first-order valence-electron chi connectivity index (χ1n) is 11.4. The molecule has 8 nitrogen and oxygen atoms in total. The molecule has 4 rings (SSSR count). The van der Waals surface area contributed by atoms with E-state index in [4.69, 9.17) is 11.6 Å². The Morgan fingerprint density at radius 1 is 1.17 bits per heavy atom. The molecule has 1 fully saturated rings. The molecule has 1 saturated heterocycles. The Bertz CT molecular complexity index is 1350. The molecule has 1 aliphatic rings. The van der Waals surface area contributed by atoms with E-state index in [1.54, 1.807) is 35.2 Å². The summed E-state index contributed by atoms with van der Waals surface area (Å²) >= 11 is 5.89. The summed E-state index contributed by atoms with van der Waals surface area (Å²) in [5.74, 6) is -0.798. The molecule has 1 aromatic carbocycles. The number of benzene rings is 1. The van der Waals surface area contributed by atoms with Crippen LogP contribution < -0.4 is 10.9 Å². The SMILES string of the molecule is CC.CC1(C)CN(C(=O)Cn2c(=O)c(C(=O)NCc3ccc(Cl)cc3)cc3cc(C#N)cnc32)C1. The van der Waals surface area contributed by atoms with E-state index in [0.29, 0.717) is 23.5 Å². The molecule has 3 aromatic rings. The Hall–Kier alpha value is -3.70. The third-order valence-corrected chi connectivity index (χ3v) is 5.80. The standard InChI is InChI=1S/C24H22ClN5O3.C2H6/c1-24(2)13-29(14-24)20(31)12-30-21-17(7-16(9-26)11-27-21)8-19(23(30)33)22(32)28-10-15-3-5-18(25)6-4-15;1-2/h3-8,11H,10,12-14H2,1-2H3,(H,28,32);1-2H3. The zero-order valence-corrected chi connectivity index (χ0v) is 21.0. The summed E-state index contributed by atoms with van der Waals surface area (Å²) in [5.41, 5.74) is 0.674. The predicted octanol–water partition coefficient (Wildman–Crippen LogP) is 3.75. The van der Waals surface area contributed by atoms with Gasteiger partial charge in [0, 0.05) is 36.2 Å². The predicted molar refractivity (Wildman–Crippen MR) is 135 cm³/mol. The zero-order chi connectivity index (χ0) is 25.8. The van der Waals surface area contributed by atoms with Gasteiger partial charge < -0.3 is 10.2 Å². The number of halogens is 1. The van der Waals surface area contributed by atoms with E-state index in [-0.39, 0.29) is 41.2 Å². The molecule has 2 amide bonds. The summed E-state index contributed by atoms with van der Waals surface area (Å²) < 4.78 is 1.21. The number of likely N-dealkylation sites (tertiary alicyclic amines) is 1. The Morgan fingerprint density at radius 2 is 1.83 bits per heavy atom. The second-order valence-electron chi connectivity index (χ2n) is 8.92. The van der Waals surface area contributed by atoms with Gasteiger partial charge in [-0.2, -0.15) is 5.26 Å². The number of aromatic nitrogens is 2. The van der Waals surface area contributed by atoms with Gasteiger partial charge in [-0.3, -0.25) is 19.0 Å². The van der Waals surface area contributed by atoms with Crippen molar-refractivity contribution in [3.05, 3.63) is 74.7 Å². The van der Waals surface area contributed by atoms with E-state index >= 15 is 0 Å². The highest BCUT2D eigenvalue weighted by atomic mass is 35.5. The summed E-state index contributed by atoms with van der Waals surface area (Å²) in [5, 5.41) is 13.0. The van der Waals surface area contributed by atoms with Crippen molar-refractivity contribution < 1.29 is 9.59 Å². The fraction of sp³-hybridized carbons (Fsp3) is 0.346. The van der Waals surface area contributed by atoms with Gasteiger partial charge in [0.05, 0.1) is 5.56 Å². The van der Waals surface area contributed by atoms with E-state index in [0.717, 1.165) is 5.56 Å². The van der Waals surface area contributed by atoms with Crippen molar-refractivity contribution in [1.29, 1.82) is 5.26 Å². The van der Waals surface area contributed by atoms with Crippen LogP contribution in [0.5, 0.6) is 0 Å². The minimum absolute atomic E-state index is 0.0477. The normalized spacial score (nSPS) is 13.8. The maximum Gasteiger partial charge on any atom is 0.265 e. The minimum atomic E-state index is -0.610. The summed E-state index contributed by atoms with van der Waals surface area (Å²) in [6, 6.07) is 11.9. The number of pyridine rings is 2. The number of rotatable bonds is 5. The smallest absolute Gasteiger partial charge is 0.265 e. The van der Waals surface area contributed by atoms with Crippen molar-refractivity contribution >= 4 is 34.4 Å². The van der Waals surface area contributed by atoms with Gasteiger partial charge >= 0.3 is 0 Å². The van der Waals surface area contributed by atoms with Gasteiger partial charge in [0.1, 0.15) is 23.8 Å². The van der Waals surface area contributed by atoms with Crippen molar-refractivity contribution in [1.82, 2.24) is 19.8 Å². The molecule has 35 heavy (non-hydrogen) atoms. The van der Waals surface area contributed by atoms with Gasteiger partial charge in [0.2, 0.25) is 5.91 Å². The molecular weight excluding hydrogens is 466 g/mol. The van der Waals surface area contributed by atoms with Crippen molar-refractivity contribution in [3.8, 4) is 6.07 Å². The number of nitrogens with one attached hydrogen (secondary N) is 1. The molecule has 0 bridgehead atoms. The van der Waals surface area contributed by atoms with E-state index in [2.05, 4.69) is 24.1 Å². The maximum absolute atomic E-state index is 13.2. The van der Waals surface area contributed by atoms with Crippen LogP contribution in [0.15, 0.2) is 47.4 Å². The lowest BCUT2D eigenvalue weighted by atomic mass is 9.84. The number of nitrogens with zero attached hydrogens (tertiary/aromatic N) is 4. The van der Waals surface area contributed by atoms with Gasteiger partial charge in [0.25, 0.3) is 11.5 Å². The number of amides is 2. The van der Waals surface area contributed by atoms with E-state index in [9.17, 15) is 19.6 Å². The van der Waals surface area contributed by atoms with Gasteiger partial charge in [-0.15, -0.1) is 0 Å². The number of fused-ring (bicyclic) bond motifs is 1. The summed E-state index contributed by atoms with van der Waals surface area (Å²) in [6.07, 6.45) is 1.34. The van der Waals surface area contributed by atoms with Gasteiger partial charge in [-0.25, -0.2) is 4.98 Å². The molecule has 0 unspecified atom stereocenters. The first-order valence-corrected chi connectivity index (χ1v) is 11.8. The third kappa shape index (κ3) is 5.87. The molecule has 1 aliphatic heterocycles. The molecule has 0 aliphatic carbocycles. The van der Waals surface area contributed by atoms with Crippen molar-refractivity contribution in [3.63, 3.8) is 0 Å². The Balaban J connectivity index is 0.00000167. The highest BCUT2D eigenvalue weighted by Crippen LogP contribution is 2.28. The van der Waals surface area contributed by atoms with Crippen molar-refractivity contribution in [2.24, 2.45) is 5.41 Å².